The molecule has 31 heavy (non-hydrogen) atoms. The summed E-state index contributed by atoms with van der Waals surface area (Å²) in [5, 5.41) is 14.0. The van der Waals surface area contributed by atoms with Crippen molar-refractivity contribution in [3.8, 4) is 0 Å². The zero-order valence-corrected chi connectivity index (χ0v) is 19.0. The molecule has 0 unspecified atom stereocenters. The molecule has 3 fully saturated rings. The summed E-state index contributed by atoms with van der Waals surface area (Å²) < 4.78 is 17.5. The van der Waals surface area contributed by atoms with E-state index in [0.29, 0.717) is 32.1 Å². The third kappa shape index (κ3) is 4.40. The quantitative estimate of drug-likeness (QED) is 0.723. The van der Waals surface area contributed by atoms with Crippen LogP contribution in [0.3, 0.4) is 0 Å². The van der Waals surface area contributed by atoms with Gasteiger partial charge in [0.15, 0.2) is 6.29 Å². The monoisotopic (exact) mass is 431 g/mol. The molecule has 2 aliphatic carbocycles. The Labute approximate surface area is 185 Å². The third-order valence-electron chi connectivity index (χ3n) is 8.27. The van der Waals surface area contributed by atoms with Gasteiger partial charge in [0.05, 0.1) is 25.4 Å². The van der Waals surface area contributed by atoms with E-state index in [1.54, 1.807) is 7.11 Å². The van der Waals surface area contributed by atoms with Crippen molar-refractivity contribution < 1.29 is 24.1 Å². The predicted octanol–water partition coefficient (Wildman–Crippen LogP) is 3.27. The first-order valence-electron chi connectivity index (χ1n) is 11.6. The summed E-state index contributed by atoms with van der Waals surface area (Å²) in [7, 11) is 1.66. The number of hydrogen-bond acceptors (Lipinski definition) is 5. The number of methoxy groups -OCH3 is 1. The fourth-order valence-corrected chi connectivity index (χ4v) is 6.58. The summed E-state index contributed by atoms with van der Waals surface area (Å²) in [6.45, 7) is 6.14. The highest BCUT2D eigenvalue weighted by Crippen LogP contribution is 2.62. The summed E-state index contributed by atoms with van der Waals surface area (Å²) in [5.41, 5.74) is 0.850. The van der Waals surface area contributed by atoms with E-state index in [0.717, 1.165) is 31.2 Å². The predicted molar refractivity (Wildman–Crippen MR) is 117 cm³/mol. The van der Waals surface area contributed by atoms with Crippen molar-refractivity contribution in [2.75, 3.05) is 20.3 Å². The van der Waals surface area contributed by atoms with Crippen LogP contribution >= 0.6 is 0 Å². The smallest absolute Gasteiger partial charge is 0.220 e. The van der Waals surface area contributed by atoms with Crippen molar-refractivity contribution in [2.45, 2.75) is 71.0 Å². The molecule has 1 aromatic rings. The van der Waals surface area contributed by atoms with Crippen LogP contribution in [0, 0.1) is 22.7 Å². The maximum absolute atomic E-state index is 12.8. The maximum Gasteiger partial charge on any atom is 0.220 e. The molecule has 2 N–H and O–H groups in total. The Bertz CT molecular complexity index is 758. The van der Waals surface area contributed by atoms with E-state index < -0.39 is 6.10 Å². The Kier molecular flexibility index (Phi) is 6.73. The van der Waals surface area contributed by atoms with E-state index in [4.69, 9.17) is 14.2 Å². The van der Waals surface area contributed by atoms with Gasteiger partial charge in [-0.15, -0.1) is 0 Å². The molecule has 1 amide bonds. The molecule has 1 aliphatic heterocycles. The van der Waals surface area contributed by atoms with Gasteiger partial charge in [-0.25, -0.2) is 0 Å². The van der Waals surface area contributed by atoms with Crippen molar-refractivity contribution in [3.05, 3.63) is 35.9 Å². The number of hydrogen-bond donors (Lipinski definition) is 2. The highest BCUT2D eigenvalue weighted by Gasteiger charge is 2.61. The zero-order chi connectivity index (χ0) is 22.1. The van der Waals surface area contributed by atoms with Gasteiger partial charge in [-0.1, -0.05) is 44.2 Å². The van der Waals surface area contributed by atoms with Crippen molar-refractivity contribution in [1.82, 2.24) is 5.32 Å². The Morgan fingerprint density at radius 1 is 1.19 bits per heavy atom. The van der Waals surface area contributed by atoms with Crippen molar-refractivity contribution >= 4 is 5.91 Å². The van der Waals surface area contributed by atoms with E-state index in [-0.39, 0.29) is 35.0 Å². The number of rotatable bonds is 6. The van der Waals surface area contributed by atoms with Crippen molar-refractivity contribution in [2.24, 2.45) is 22.7 Å². The lowest BCUT2D eigenvalue weighted by molar-refractivity contribution is -0.315. The van der Waals surface area contributed by atoms with Gasteiger partial charge in [0, 0.05) is 25.5 Å². The molecule has 0 aromatic heterocycles. The van der Waals surface area contributed by atoms with E-state index in [1.165, 1.54) is 0 Å². The van der Waals surface area contributed by atoms with E-state index in [2.05, 4.69) is 19.2 Å². The average Bonchev–Trinajstić information content (AvgIpc) is 2.76. The molecule has 6 nitrogen and oxygen atoms in total. The number of benzene rings is 1. The van der Waals surface area contributed by atoms with Gasteiger partial charge < -0.3 is 24.6 Å². The standard InChI is InChI=1S/C25H37NO5/c1-24-12-11-21-25(2,16-30-23(31-21)15-29-3)20(24)10-9-19(27)18(24)13-22(28)26-14-17-7-5-4-6-8-17/h4-8,18-21,23,27H,9-16H2,1-3H3,(H,26,28)/t18-,19-,20-,21-,23-,24+,25+/m1/s1. The largest absolute Gasteiger partial charge is 0.393 e. The van der Waals surface area contributed by atoms with Gasteiger partial charge >= 0.3 is 0 Å². The number of aliphatic hydroxyl groups is 1. The van der Waals surface area contributed by atoms with Crippen LogP contribution in [0.15, 0.2) is 30.3 Å². The molecule has 7 atom stereocenters. The fraction of sp³-hybridized carbons (Fsp3) is 0.720. The highest BCUT2D eigenvalue weighted by atomic mass is 16.7. The van der Waals surface area contributed by atoms with Gasteiger partial charge in [-0.2, -0.15) is 0 Å². The lowest BCUT2D eigenvalue weighted by Gasteiger charge is -2.62. The number of fused-ring (bicyclic) bond motifs is 3. The minimum atomic E-state index is -0.449. The number of amides is 1. The van der Waals surface area contributed by atoms with Crippen LogP contribution in [0.4, 0.5) is 0 Å². The first-order chi connectivity index (χ1) is 14.9. The highest BCUT2D eigenvalue weighted by molar-refractivity contribution is 5.76. The first-order valence-corrected chi connectivity index (χ1v) is 11.6. The van der Waals surface area contributed by atoms with Crippen LogP contribution < -0.4 is 5.32 Å². The Morgan fingerprint density at radius 3 is 2.71 bits per heavy atom. The summed E-state index contributed by atoms with van der Waals surface area (Å²) in [6.07, 6.45) is 3.26. The molecule has 2 saturated carbocycles. The number of carbonyl (C=O) groups is 1. The molecule has 4 rings (SSSR count). The van der Waals surface area contributed by atoms with Crippen molar-refractivity contribution in [1.29, 1.82) is 0 Å². The average molecular weight is 432 g/mol. The molecule has 1 saturated heterocycles. The van der Waals surface area contributed by atoms with Crippen LogP contribution in [-0.2, 0) is 25.5 Å². The molecule has 0 radical (unpaired) electrons. The SMILES string of the molecule is COC[C@@H]1OC[C@@]2(C)[C@@H]3CC[C@@H](O)[C@@H](CC(=O)NCc4ccccc4)[C@]3(C)CC[C@H]2O1. The minimum Gasteiger partial charge on any atom is -0.393 e. The van der Waals surface area contributed by atoms with Crippen LogP contribution in [0.25, 0.3) is 0 Å². The minimum absolute atomic E-state index is 0.0124. The van der Waals surface area contributed by atoms with Crippen LogP contribution in [0.1, 0.15) is 51.5 Å². The number of aliphatic hydroxyl groups excluding tert-OH is 1. The van der Waals surface area contributed by atoms with Crippen LogP contribution in [0.5, 0.6) is 0 Å². The molecule has 6 heteroatoms. The molecule has 1 heterocycles. The number of carbonyl (C=O) groups excluding carboxylic acids is 1. The van der Waals surface area contributed by atoms with E-state index >= 15 is 0 Å². The summed E-state index contributed by atoms with van der Waals surface area (Å²) in [6, 6.07) is 9.94. The Hall–Kier alpha value is -1.47. The third-order valence-corrected chi connectivity index (χ3v) is 8.27. The number of nitrogens with one attached hydrogen (secondary N) is 1. The van der Waals surface area contributed by atoms with Gasteiger partial charge in [0.1, 0.15) is 0 Å². The fourth-order valence-electron chi connectivity index (χ4n) is 6.58. The van der Waals surface area contributed by atoms with Crippen LogP contribution in [-0.4, -0.2) is 49.8 Å². The normalized spacial score (nSPS) is 39.9. The second-order valence-corrected chi connectivity index (χ2v) is 10.1. The number of ether oxygens (including phenoxy) is 3. The summed E-state index contributed by atoms with van der Waals surface area (Å²) >= 11 is 0. The Morgan fingerprint density at radius 2 is 1.97 bits per heavy atom. The lowest BCUT2D eigenvalue weighted by atomic mass is 9.46. The molecule has 172 valence electrons. The van der Waals surface area contributed by atoms with E-state index in [1.807, 2.05) is 30.3 Å². The summed E-state index contributed by atoms with van der Waals surface area (Å²) in [4.78, 5) is 12.8. The summed E-state index contributed by atoms with van der Waals surface area (Å²) in [5.74, 6) is 0.299. The van der Waals surface area contributed by atoms with E-state index in [9.17, 15) is 9.90 Å². The zero-order valence-electron chi connectivity index (χ0n) is 19.0. The molecule has 0 spiro atoms. The molecule has 0 bridgehead atoms. The second kappa shape index (κ2) is 9.18. The molecule has 3 aliphatic rings. The second-order valence-electron chi connectivity index (χ2n) is 10.1. The molecule has 1 aromatic carbocycles. The topological polar surface area (TPSA) is 77.0 Å². The Balaban J connectivity index is 1.45. The van der Waals surface area contributed by atoms with Gasteiger partial charge in [0.2, 0.25) is 5.91 Å². The lowest BCUT2D eigenvalue weighted by Crippen LogP contribution is -2.63. The first kappa shape index (κ1) is 22.7. The molecular weight excluding hydrogens is 394 g/mol. The van der Waals surface area contributed by atoms with Gasteiger partial charge in [-0.05, 0) is 48.5 Å². The maximum atomic E-state index is 12.8. The molecular formula is C25H37NO5. The van der Waals surface area contributed by atoms with Gasteiger partial charge in [0.25, 0.3) is 0 Å². The van der Waals surface area contributed by atoms with Crippen LogP contribution in [0.2, 0.25) is 0 Å². The van der Waals surface area contributed by atoms with Gasteiger partial charge in [-0.3, -0.25) is 4.79 Å². The van der Waals surface area contributed by atoms with Crippen molar-refractivity contribution in [3.63, 3.8) is 0 Å².